The SMILES string of the molecule is CCCc1[nH]nc(CC)c1C1CCNCC1. The lowest BCUT2D eigenvalue weighted by atomic mass is 9.87. The molecule has 0 aliphatic carbocycles. The van der Waals surface area contributed by atoms with Gasteiger partial charge < -0.3 is 5.32 Å². The van der Waals surface area contributed by atoms with Crippen molar-refractivity contribution in [2.45, 2.75) is 51.9 Å². The van der Waals surface area contributed by atoms with Crippen LogP contribution in [-0.2, 0) is 12.8 Å². The highest BCUT2D eigenvalue weighted by molar-refractivity contribution is 5.30. The topological polar surface area (TPSA) is 40.7 Å². The van der Waals surface area contributed by atoms with Gasteiger partial charge in [0.15, 0.2) is 0 Å². The minimum absolute atomic E-state index is 0.733. The van der Waals surface area contributed by atoms with E-state index in [-0.39, 0.29) is 0 Å². The molecule has 1 aromatic rings. The largest absolute Gasteiger partial charge is 0.317 e. The molecular weight excluding hydrogens is 198 g/mol. The molecule has 0 amide bonds. The van der Waals surface area contributed by atoms with Crippen LogP contribution in [0.2, 0.25) is 0 Å². The molecule has 90 valence electrons. The summed E-state index contributed by atoms with van der Waals surface area (Å²) in [7, 11) is 0. The molecule has 0 unspecified atom stereocenters. The standard InChI is InChI=1S/C13H23N3/c1-3-5-12-13(11(4-2)15-16-12)10-6-8-14-9-7-10/h10,14H,3-9H2,1-2H3,(H,15,16). The summed E-state index contributed by atoms with van der Waals surface area (Å²) < 4.78 is 0. The lowest BCUT2D eigenvalue weighted by Gasteiger charge is -2.23. The second-order valence-corrected chi connectivity index (χ2v) is 4.69. The van der Waals surface area contributed by atoms with E-state index in [0.717, 1.165) is 31.8 Å². The zero-order valence-corrected chi connectivity index (χ0v) is 10.5. The van der Waals surface area contributed by atoms with Gasteiger partial charge in [-0.1, -0.05) is 20.3 Å². The van der Waals surface area contributed by atoms with E-state index in [1.165, 1.54) is 30.7 Å². The van der Waals surface area contributed by atoms with Crippen LogP contribution in [0.3, 0.4) is 0 Å². The van der Waals surface area contributed by atoms with Gasteiger partial charge in [-0.3, -0.25) is 5.10 Å². The van der Waals surface area contributed by atoms with E-state index in [1.54, 1.807) is 5.56 Å². The normalized spacial score (nSPS) is 17.9. The predicted octanol–water partition coefficient (Wildman–Crippen LogP) is 2.39. The minimum atomic E-state index is 0.733. The van der Waals surface area contributed by atoms with Gasteiger partial charge in [0.1, 0.15) is 0 Å². The van der Waals surface area contributed by atoms with E-state index in [1.807, 2.05) is 0 Å². The van der Waals surface area contributed by atoms with Crippen LogP contribution in [0.4, 0.5) is 0 Å². The molecule has 3 nitrogen and oxygen atoms in total. The van der Waals surface area contributed by atoms with E-state index < -0.39 is 0 Å². The summed E-state index contributed by atoms with van der Waals surface area (Å²) in [5.74, 6) is 0.733. The van der Waals surface area contributed by atoms with Gasteiger partial charge in [0.25, 0.3) is 0 Å². The fraction of sp³-hybridized carbons (Fsp3) is 0.769. The monoisotopic (exact) mass is 221 g/mol. The van der Waals surface area contributed by atoms with E-state index in [2.05, 4.69) is 29.4 Å². The number of aryl methyl sites for hydroxylation is 2. The molecule has 0 saturated carbocycles. The first-order chi connectivity index (χ1) is 7.86. The Kier molecular flexibility index (Phi) is 3.99. The van der Waals surface area contributed by atoms with Gasteiger partial charge in [0.2, 0.25) is 0 Å². The van der Waals surface area contributed by atoms with Gasteiger partial charge in [0, 0.05) is 5.69 Å². The van der Waals surface area contributed by atoms with Crippen LogP contribution >= 0.6 is 0 Å². The van der Waals surface area contributed by atoms with Crippen LogP contribution < -0.4 is 5.32 Å². The van der Waals surface area contributed by atoms with Gasteiger partial charge in [-0.15, -0.1) is 0 Å². The summed E-state index contributed by atoms with van der Waals surface area (Å²) in [6.07, 6.45) is 5.93. The van der Waals surface area contributed by atoms with E-state index in [4.69, 9.17) is 0 Å². The molecule has 3 heteroatoms. The number of aromatic nitrogens is 2. The molecule has 1 aliphatic rings. The Balaban J connectivity index is 2.23. The van der Waals surface area contributed by atoms with Gasteiger partial charge in [-0.25, -0.2) is 0 Å². The highest BCUT2D eigenvalue weighted by Crippen LogP contribution is 2.30. The average molecular weight is 221 g/mol. The molecule has 1 saturated heterocycles. The first-order valence-electron chi connectivity index (χ1n) is 6.63. The first-order valence-corrected chi connectivity index (χ1v) is 6.63. The Bertz CT molecular complexity index is 324. The molecule has 1 fully saturated rings. The number of nitrogens with zero attached hydrogens (tertiary/aromatic N) is 1. The van der Waals surface area contributed by atoms with Gasteiger partial charge in [-0.05, 0) is 50.3 Å². The molecule has 2 heterocycles. The lowest BCUT2D eigenvalue weighted by Crippen LogP contribution is -2.27. The molecular formula is C13H23N3. The number of rotatable bonds is 4. The first kappa shape index (κ1) is 11.6. The number of piperidine rings is 1. The highest BCUT2D eigenvalue weighted by atomic mass is 15.1. The molecule has 1 aromatic heterocycles. The number of nitrogens with one attached hydrogen (secondary N) is 2. The van der Waals surface area contributed by atoms with Gasteiger partial charge in [0.05, 0.1) is 5.69 Å². The molecule has 0 bridgehead atoms. The van der Waals surface area contributed by atoms with Crippen LogP contribution in [-0.4, -0.2) is 23.3 Å². The third-order valence-corrected chi connectivity index (χ3v) is 3.54. The smallest absolute Gasteiger partial charge is 0.0657 e. The summed E-state index contributed by atoms with van der Waals surface area (Å²) >= 11 is 0. The zero-order chi connectivity index (χ0) is 11.4. The maximum absolute atomic E-state index is 4.48. The van der Waals surface area contributed by atoms with Gasteiger partial charge in [-0.2, -0.15) is 5.10 Å². The van der Waals surface area contributed by atoms with Crippen molar-refractivity contribution < 1.29 is 0 Å². The third-order valence-electron chi connectivity index (χ3n) is 3.54. The molecule has 2 N–H and O–H groups in total. The summed E-state index contributed by atoms with van der Waals surface area (Å²) in [6, 6.07) is 0. The number of hydrogen-bond acceptors (Lipinski definition) is 2. The van der Waals surface area contributed by atoms with E-state index in [9.17, 15) is 0 Å². The zero-order valence-electron chi connectivity index (χ0n) is 10.5. The third kappa shape index (κ3) is 2.29. The Morgan fingerprint density at radius 3 is 2.62 bits per heavy atom. The fourth-order valence-corrected chi connectivity index (χ4v) is 2.73. The van der Waals surface area contributed by atoms with Gasteiger partial charge >= 0.3 is 0 Å². The maximum atomic E-state index is 4.48. The molecule has 0 aromatic carbocycles. The van der Waals surface area contributed by atoms with Crippen molar-refractivity contribution in [1.82, 2.24) is 15.5 Å². The van der Waals surface area contributed by atoms with Crippen molar-refractivity contribution >= 4 is 0 Å². The molecule has 2 rings (SSSR count). The molecule has 0 spiro atoms. The summed E-state index contributed by atoms with van der Waals surface area (Å²) in [5.41, 5.74) is 4.24. The Morgan fingerprint density at radius 2 is 2.00 bits per heavy atom. The van der Waals surface area contributed by atoms with Crippen molar-refractivity contribution in [3.8, 4) is 0 Å². The number of hydrogen-bond donors (Lipinski definition) is 2. The second-order valence-electron chi connectivity index (χ2n) is 4.69. The quantitative estimate of drug-likeness (QED) is 0.819. The molecule has 16 heavy (non-hydrogen) atoms. The summed E-state index contributed by atoms with van der Waals surface area (Å²) in [6.45, 7) is 6.75. The summed E-state index contributed by atoms with van der Waals surface area (Å²) in [4.78, 5) is 0. The lowest BCUT2D eigenvalue weighted by molar-refractivity contribution is 0.456. The molecule has 1 aliphatic heterocycles. The van der Waals surface area contributed by atoms with Crippen LogP contribution in [0.5, 0.6) is 0 Å². The van der Waals surface area contributed by atoms with E-state index >= 15 is 0 Å². The Labute approximate surface area is 98.0 Å². The van der Waals surface area contributed by atoms with Crippen LogP contribution in [0.25, 0.3) is 0 Å². The van der Waals surface area contributed by atoms with Crippen LogP contribution in [0, 0.1) is 0 Å². The van der Waals surface area contributed by atoms with Crippen molar-refractivity contribution in [1.29, 1.82) is 0 Å². The fourth-order valence-electron chi connectivity index (χ4n) is 2.73. The maximum Gasteiger partial charge on any atom is 0.0657 e. The second kappa shape index (κ2) is 5.48. The summed E-state index contributed by atoms with van der Waals surface area (Å²) in [5, 5.41) is 11.2. The number of H-pyrrole nitrogens is 1. The van der Waals surface area contributed by atoms with Crippen LogP contribution in [0.1, 0.15) is 56.0 Å². The predicted molar refractivity (Wildman–Crippen MR) is 66.8 cm³/mol. The highest BCUT2D eigenvalue weighted by Gasteiger charge is 2.22. The molecule has 0 radical (unpaired) electrons. The van der Waals surface area contributed by atoms with Crippen molar-refractivity contribution in [3.05, 3.63) is 17.0 Å². The van der Waals surface area contributed by atoms with Crippen molar-refractivity contribution in [2.75, 3.05) is 13.1 Å². The van der Waals surface area contributed by atoms with Crippen LogP contribution in [0.15, 0.2) is 0 Å². The van der Waals surface area contributed by atoms with Crippen molar-refractivity contribution in [3.63, 3.8) is 0 Å². The number of aromatic amines is 1. The average Bonchev–Trinajstić information content (AvgIpc) is 2.74. The minimum Gasteiger partial charge on any atom is -0.317 e. The van der Waals surface area contributed by atoms with Crippen molar-refractivity contribution in [2.24, 2.45) is 0 Å². The Hall–Kier alpha value is -0.830. The van der Waals surface area contributed by atoms with E-state index in [0.29, 0.717) is 0 Å². The Morgan fingerprint density at radius 1 is 1.25 bits per heavy atom. The molecule has 0 atom stereocenters.